The highest BCUT2D eigenvalue weighted by molar-refractivity contribution is 7.89. The summed E-state index contributed by atoms with van der Waals surface area (Å²) in [6, 6.07) is 3.64. The summed E-state index contributed by atoms with van der Waals surface area (Å²) in [6.45, 7) is 4.07. The van der Waals surface area contributed by atoms with E-state index in [0.29, 0.717) is 12.2 Å². The van der Waals surface area contributed by atoms with E-state index in [1.54, 1.807) is 13.8 Å². The molecule has 0 amide bonds. The van der Waals surface area contributed by atoms with Crippen LogP contribution in [0.15, 0.2) is 23.1 Å². The predicted octanol–water partition coefficient (Wildman–Crippen LogP) is 2.36. The van der Waals surface area contributed by atoms with Gasteiger partial charge in [-0.05, 0) is 31.5 Å². The zero-order valence-corrected chi connectivity index (χ0v) is 12.9. The second kappa shape index (κ2) is 5.97. The van der Waals surface area contributed by atoms with E-state index in [0.717, 1.165) is 6.07 Å². The summed E-state index contributed by atoms with van der Waals surface area (Å²) in [7, 11) is -3.86. The Balaban J connectivity index is 2.39. The van der Waals surface area contributed by atoms with E-state index in [4.69, 9.17) is 16.3 Å². The number of benzene rings is 1. The Bertz CT molecular complexity index is 593. The molecular formula is C13H17ClFNO3S. The van der Waals surface area contributed by atoms with Crippen molar-refractivity contribution < 1.29 is 17.5 Å². The van der Waals surface area contributed by atoms with Crippen molar-refractivity contribution in [2.24, 2.45) is 0 Å². The molecule has 0 saturated carbocycles. The molecule has 1 saturated heterocycles. The first-order chi connectivity index (χ1) is 9.36. The molecule has 1 aromatic carbocycles. The summed E-state index contributed by atoms with van der Waals surface area (Å²) in [5.41, 5.74) is 0.548. The molecule has 2 rings (SSSR count). The Kier molecular flexibility index (Phi) is 4.69. The Morgan fingerprint density at radius 1 is 1.45 bits per heavy atom. The number of ether oxygens (including phenoxy) is 1. The minimum atomic E-state index is -3.86. The van der Waals surface area contributed by atoms with Gasteiger partial charge >= 0.3 is 0 Å². The van der Waals surface area contributed by atoms with Gasteiger partial charge in [-0.15, -0.1) is 11.6 Å². The summed E-state index contributed by atoms with van der Waals surface area (Å²) < 4.78 is 45.8. The Labute approximate surface area is 123 Å². The van der Waals surface area contributed by atoms with Gasteiger partial charge in [0.1, 0.15) is 10.7 Å². The molecule has 2 unspecified atom stereocenters. The third-order valence-electron chi connectivity index (χ3n) is 3.29. The van der Waals surface area contributed by atoms with E-state index in [-0.39, 0.29) is 29.5 Å². The van der Waals surface area contributed by atoms with Crippen LogP contribution in [0.4, 0.5) is 4.39 Å². The van der Waals surface area contributed by atoms with Crippen LogP contribution in [-0.2, 0) is 20.6 Å². The van der Waals surface area contributed by atoms with Crippen molar-refractivity contribution in [3.8, 4) is 0 Å². The van der Waals surface area contributed by atoms with Gasteiger partial charge in [0.15, 0.2) is 0 Å². The van der Waals surface area contributed by atoms with E-state index < -0.39 is 15.8 Å². The number of halogens is 2. The highest BCUT2D eigenvalue weighted by atomic mass is 35.5. The number of rotatable bonds is 3. The highest BCUT2D eigenvalue weighted by Gasteiger charge is 2.35. The smallest absolute Gasteiger partial charge is 0.246 e. The maximum absolute atomic E-state index is 14.0. The van der Waals surface area contributed by atoms with Crippen LogP contribution in [0.25, 0.3) is 0 Å². The predicted molar refractivity (Wildman–Crippen MR) is 74.7 cm³/mol. The third kappa shape index (κ3) is 2.98. The van der Waals surface area contributed by atoms with Crippen LogP contribution in [0, 0.1) is 5.82 Å². The van der Waals surface area contributed by atoms with Crippen molar-refractivity contribution >= 4 is 21.6 Å². The normalized spacial score (nSPS) is 24.8. The number of morpholine rings is 1. The fraction of sp³-hybridized carbons (Fsp3) is 0.538. The summed E-state index contributed by atoms with van der Waals surface area (Å²) in [6.07, 6.45) is -0.203. The number of hydrogen-bond acceptors (Lipinski definition) is 3. The van der Waals surface area contributed by atoms with Gasteiger partial charge in [0.25, 0.3) is 0 Å². The van der Waals surface area contributed by atoms with Gasteiger partial charge in [-0.1, -0.05) is 6.07 Å². The third-order valence-corrected chi connectivity index (χ3v) is 5.61. The minimum absolute atomic E-state index is 0.141. The van der Waals surface area contributed by atoms with Crippen LogP contribution in [-0.4, -0.2) is 38.0 Å². The molecule has 20 heavy (non-hydrogen) atoms. The molecule has 0 bridgehead atoms. The molecular weight excluding hydrogens is 305 g/mol. The van der Waals surface area contributed by atoms with Crippen molar-refractivity contribution in [3.05, 3.63) is 29.6 Å². The molecule has 112 valence electrons. The Morgan fingerprint density at radius 3 is 2.75 bits per heavy atom. The largest absolute Gasteiger partial charge is 0.375 e. The van der Waals surface area contributed by atoms with Crippen molar-refractivity contribution in [1.29, 1.82) is 0 Å². The molecule has 7 heteroatoms. The fourth-order valence-electron chi connectivity index (χ4n) is 2.17. The van der Waals surface area contributed by atoms with Crippen LogP contribution in [0.1, 0.15) is 19.4 Å². The Morgan fingerprint density at radius 2 is 2.15 bits per heavy atom. The molecule has 1 aliphatic rings. The molecule has 0 aromatic heterocycles. The van der Waals surface area contributed by atoms with Gasteiger partial charge in [0.2, 0.25) is 10.0 Å². The minimum Gasteiger partial charge on any atom is -0.375 e. The van der Waals surface area contributed by atoms with Crippen LogP contribution >= 0.6 is 11.6 Å². The standard InChI is InChI=1S/C13H17ClFNO3S/c1-9-8-19-10(2)7-16(9)20(17,18)13-4-3-11(6-14)5-12(13)15/h3-5,9-10H,6-8H2,1-2H3. The lowest BCUT2D eigenvalue weighted by Crippen LogP contribution is -2.50. The van der Waals surface area contributed by atoms with Crippen LogP contribution in [0.2, 0.25) is 0 Å². The molecule has 0 radical (unpaired) electrons. The average Bonchev–Trinajstić information content (AvgIpc) is 2.40. The van der Waals surface area contributed by atoms with Crippen LogP contribution < -0.4 is 0 Å². The SMILES string of the molecule is CC1CN(S(=O)(=O)c2ccc(CCl)cc2F)C(C)CO1. The van der Waals surface area contributed by atoms with Crippen molar-refractivity contribution in [2.45, 2.75) is 36.8 Å². The second-order valence-electron chi connectivity index (χ2n) is 4.97. The molecule has 1 aliphatic heterocycles. The summed E-state index contributed by atoms with van der Waals surface area (Å²) in [5, 5.41) is 0. The molecule has 1 fully saturated rings. The summed E-state index contributed by atoms with van der Waals surface area (Å²) >= 11 is 5.61. The van der Waals surface area contributed by atoms with Crippen molar-refractivity contribution in [2.75, 3.05) is 13.2 Å². The summed E-state index contributed by atoms with van der Waals surface area (Å²) in [5.74, 6) is -0.628. The highest BCUT2D eigenvalue weighted by Crippen LogP contribution is 2.25. The molecule has 2 atom stereocenters. The zero-order valence-electron chi connectivity index (χ0n) is 11.3. The number of sulfonamides is 1. The molecule has 0 N–H and O–H groups in total. The zero-order chi connectivity index (χ0) is 14.9. The van der Waals surface area contributed by atoms with Gasteiger partial charge in [-0.3, -0.25) is 0 Å². The molecule has 1 aromatic rings. The molecule has 0 aliphatic carbocycles. The maximum atomic E-state index is 14.0. The van der Waals surface area contributed by atoms with E-state index in [2.05, 4.69) is 0 Å². The van der Waals surface area contributed by atoms with Crippen molar-refractivity contribution in [3.63, 3.8) is 0 Å². The van der Waals surface area contributed by atoms with Crippen LogP contribution in [0.5, 0.6) is 0 Å². The van der Waals surface area contributed by atoms with E-state index in [9.17, 15) is 12.8 Å². The van der Waals surface area contributed by atoms with E-state index >= 15 is 0 Å². The Hall–Kier alpha value is -0.690. The maximum Gasteiger partial charge on any atom is 0.246 e. The molecule has 1 heterocycles. The first kappa shape index (κ1) is 15.7. The van der Waals surface area contributed by atoms with Gasteiger partial charge in [0.05, 0.1) is 12.7 Å². The summed E-state index contributed by atoms with van der Waals surface area (Å²) in [4.78, 5) is -0.313. The fourth-order valence-corrected chi connectivity index (χ4v) is 4.08. The molecule has 4 nitrogen and oxygen atoms in total. The lowest BCUT2D eigenvalue weighted by atomic mass is 10.2. The first-order valence-corrected chi connectivity index (χ1v) is 8.31. The number of nitrogens with zero attached hydrogens (tertiary/aromatic N) is 1. The topological polar surface area (TPSA) is 46.6 Å². The number of hydrogen-bond donors (Lipinski definition) is 0. The lowest BCUT2D eigenvalue weighted by molar-refractivity contribution is -0.0171. The second-order valence-corrected chi connectivity index (χ2v) is 7.09. The first-order valence-electron chi connectivity index (χ1n) is 6.34. The van der Waals surface area contributed by atoms with Crippen LogP contribution in [0.3, 0.4) is 0 Å². The van der Waals surface area contributed by atoms with Gasteiger partial charge in [-0.25, -0.2) is 12.8 Å². The average molecular weight is 322 g/mol. The van der Waals surface area contributed by atoms with Gasteiger partial charge in [-0.2, -0.15) is 4.31 Å². The number of alkyl halides is 1. The van der Waals surface area contributed by atoms with Crippen molar-refractivity contribution in [1.82, 2.24) is 4.31 Å². The van der Waals surface area contributed by atoms with Gasteiger partial charge in [0, 0.05) is 18.5 Å². The lowest BCUT2D eigenvalue weighted by Gasteiger charge is -2.35. The molecule has 0 spiro atoms. The quantitative estimate of drug-likeness (QED) is 0.803. The van der Waals surface area contributed by atoms with E-state index in [1.807, 2.05) is 0 Å². The van der Waals surface area contributed by atoms with E-state index in [1.165, 1.54) is 16.4 Å². The van der Waals surface area contributed by atoms with Gasteiger partial charge < -0.3 is 4.74 Å². The monoisotopic (exact) mass is 321 g/mol.